The normalized spacial score (nSPS) is 28.4. The van der Waals surface area contributed by atoms with E-state index in [4.69, 9.17) is 4.74 Å². The molecule has 0 spiro atoms. The van der Waals surface area contributed by atoms with Gasteiger partial charge in [0.15, 0.2) is 0 Å². The monoisotopic (exact) mass is 303 g/mol. The van der Waals surface area contributed by atoms with E-state index < -0.39 is 0 Å². The molecule has 0 aliphatic carbocycles. The Bertz CT molecular complexity index is 712. The van der Waals surface area contributed by atoms with E-state index in [2.05, 4.69) is 14.6 Å². The van der Waals surface area contributed by atoms with Crippen molar-refractivity contribution >= 4 is 27.4 Å². The van der Waals surface area contributed by atoms with Crippen LogP contribution in [-0.2, 0) is 0 Å². The van der Waals surface area contributed by atoms with E-state index in [-0.39, 0.29) is 17.9 Å². The number of likely N-dealkylation sites (N-methyl/N-ethyl adjacent to an activating group) is 1. The van der Waals surface area contributed by atoms with Crippen molar-refractivity contribution in [1.82, 2.24) is 14.6 Å². The lowest BCUT2D eigenvalue weighted by molar-refractivity contribution is 0.0812. The average Bonchev–Trinajstić information content (AvgIpc) is 3.19. The molecule has 4 rings (SSSR count). The third kappa shape index (κ3) is 1.90. The zero-order valence-corrected chi connectivity index (χ0v) is 12.8. The van der Waals surface area contributed by atoms with Crippen molar-refractivity contribution in [2.45, 2.75) is 24.5 Å². The summed E-state index contributed by atoms with van der Waals surface area (Å²) < 4.78 is 10.6. The summed E-state index contributed by atoms with van der Waals surface area (Å²) in [5, 5.41) is 4.37. The first kappa shape index (κ1) is 13.2. The van der Waals surface area contributed by atoms with Crippen LogP contribution in [0.15, 0.2) is 18.2 Å². The SMILES string of the molecule is COc1ccc2c(C(=O)C3[C@H]4C[C@@H](CN4)N3C)nsc2c1. The number of methoxy groups -OCH3 is 1. The van der Waals surface area contributed by atoms with Crippen molar-refractivity contribution in [3.8, 4) is 5.75 Å². The van der Waals surface area contributed by atoms with Crippen LogP contribution in [0.4, 0.5) is 0 Å². The highest BCUT2D eigenvalue weighted by Crippen LogP contribution is 2.33. The molecular weight excluding hydrogens is 286 g/mol. The zero-order chi connectivity index (χ0) is 14.6. The highest BCUT2D eigenvalue weighted by atomic mass is 32.1. The number of aromatic nitrogens is 1. The van der Waals surface area contributed by atoms with Gasteiger partial charge < -0.3 is 10.1 Å². The van der Waals surface area contributed by atoms with Gasteiger partial charge in [-0.25, -0.2) is 0 Å². The topological polar surface area (TPSA) is 54.5 Å². The summed E-state index contributed by atoms with van der Waals surface area (Å²) in [6.07, 6.45) is 1.06. The fourth-order valence-corrected chi connectivity index (χ4v) is 4.35. The Morgan fingerprint density at radius 1 is 1.52 bits per heavy atom. The first-order chi connectivity index (χ1) is 10.2. The molecule has 2 aromatic rings. The van der Waals surface area contributed by atoms with Crippen LogP contribution < -0.4 is 10.1 Å². The van der Waals surface area contributed by atoms with Crippen molar-refractivity contribution in [3.05, 3.63) is 23.9 Å². The second kappa shape index (κ2) is 4.76. The molecule has 2 aliphatic heterocycles. The number of likely N-dealkylation sites (tertiary alicyclic amines) is 1. The quantitative estimate of drug-likeness (QED) is 0.872. The van der Waals surface area contributed by atoms with Gasteiger partial charge in [0.1, 0.15) is 11.4 Å². The molecule has 3 atom stereocenters. The van der Waals surface area contributed by atoms with Crippen LogP contribution in [-0.4, -0.2) is 53.9 Å². The number of hydrogen-bond acceptors (Lipinski definition) is 6. The number of ether oxygens (including phenoxy) is 1. The maximum absolute atomic E-state index is 12.9. The Labute approximate surface area is 127 Å². The Balaban J connectivity index is 1.71. The smallest absolute Gasteiger partial charge is 0.201 e. The van der Waals surface area contributed by atoms with Crippen LogP contribution in [0.3, 0.4) is 0 Å². The average molecular weight is 303 g/mol. The number of rotatable bonds is 3. The molecule has 1 aromatic carbocycles. The highest BCUT2D eigenvalue weighted by Gasteiger charge is 2.48. The fraction of sp³-hybridized carbons (Fsp3) is 0.467. The molecule has 0 amide bonds. The standard InChI is InChI=1S/C15H17N3O2S/c1-18-8-5-11(16-7-8)14(18)15(19)13-10-4-3-9(20-2)6-12(10)21-17-13/h3-4,6,8,11,14,16H,5,7H2,1-2H3/t8-,11+,14?/m0/s1. The molecular formula is C15H17N3O2S. The van der Waals surface area contributed by atoms with Gasteiger partial charge in [0.25, 0.3) is 0 Å². The van der Waals surface area contributed by atoms with Gasteiger partial charge in [-0.15, -0.1) is 0 Å². The third-order valence-corrected chi connectivity index (χ3v) is 5.53. The fourth-order valence-electron chi connectivity index (χ4n) is 3.54. The predicted molar refractivity (Wildman–Crippen MR) is 82.2 cm³/mol. The summed E-state index contributed by atoms with van der Waals surface area (Å²) in [4.78, 5) is 15.1. The molecule has 0 radical (unpaired) electrons. The summed E-state index contributed by atoms with van der Waals surface area (Å²) in [5.74, 6) is 0.928. The van der Waals surface area contributed by atoms with Crippen LogP contribution in [0.5, 0.6) is 5.75 Å². The van der Waals surface area contributed by atoms with E-state index in [1.165, 1.54) is 11.5 Å². The zero-order valence-electron chi connectivity index (χ0n) is 12.0. The minimum atomic E-state index is -0.0869. The molecule has 2 bridgehead atoms. The summed E-state index contributed by atoms with van der Waals surface area (Å²) >= 11 is 1.36. The number of piperazine rings is 1. The maximum atomic E-state index is 12.9. The molecule has 6 heteroatoms. The van der Waals surface area contributed by atoms with Gasteiger partial charge in [-0.05, 0) is 43.2 Å². The Hall–Kier alpha value is -1.50. The van der Waals surface area contributed by atoms with E-state index in [0.717, 1.165) is 28.8 Å². The Morgan fingerprint density at radius 3 is 3.10 bits per heavy atom. The second-order valence-electron chi connectivity index (χ2n) is 5.77. The van der Waals surface area contributed by atoms with Gasteiger partial charge >= 0.3 is 0 Å². The molecule has 2 aliphatic rings. The lowest BCUT2D eigenvalue weighted by Crippen LogP contribution is -2.53. The third-order valence-electron chi connectivity index (χ3n) is 4.72. The largest absolute Gasteiger partial charge is 0.497 e. The van der Waals surface area contributed by atoms with Crippen LogP contribution in [0.2, 0.25) is 0 Å². The van der Waals surface area contributed by atoms with Crippen molar-refractivity contribution < 1.29 is 9.53 Å². The Kier molecular flexibility index (Phi) is 2.99. The maximum Gasteiger partial charge on any atom is 0.201 e. The van der Waals surface area contributed by atoms with Crippen LogP contribution in [0.1, 0.15) is 16.9 Å². The number of Topliss-reactive ketones (excluding diaryl/α,β-unsaturated/α-hetero) is 1. The van der Waals surface area contributed by atoms with Gasteiger partial charge in [-0.1, -0.05) is 0 Å². The van der Waals surface area contributed by atoms with E-state index in [1.54, 1.807) is 7.11 Å². The summed E-state index contributed by atoms with van der Waals surface area (Å²) in [6.45, 7) is 0.986. The Morgan fingerprint density at radius 2 is 2.38 bits per heavy atom. The molecule has 1 unspecified atom stereocenters. The minimum absolute atomic E-state index is 0.0869. The summed E-state index contributed by atoms with van der Waals surface area (Å²) in [6, 6.07) is 6.42. The number of hydrogen-bond donors (Lipinski definition) is 1. The first-order valence-corrected chi connectivity index (χ1v) is 7.89. The van der Waals surface area contributed by atoms with Crippen molar-refractivity contribution in [2.24, 2.45) is 0 Å². The molecule has 3 heterocycles. The van der Waals surface area contributed by atoms with Crippen LogP contribution >= 0.6 is 11.5 Å². The molecule has 110 valence electrons. The first-order valence-electron chi connectivity index (χ1n) is 7.12. The number of carbonyl (C=O) groups excluding carboxylic acids is 1. The van der Waals surface area contributed by atoms with Crippen LogP contribution in [0.25, 0.3) is 10.1 Å². The van der Waals surface area contributed by atoms with E-state index in [1.807, 2.05) is 25.2 Å². The van der Waals surface area contributed by atoms with E-state index in [0.29, 0.717) is 11.7 Å². The number of benzene rings is 1. The molecule has 5 nitrogen and oxygen atoms in total. The van der Waals surface area contributed by atoms with E-state index >= 15 is 0 Å². The molecule has 2 fully saturated rings. The summed E-state index contributed by atoms with van der Waals surface area (Å²) in [5.41, 5.74) is 0.601. The highest BCUT2D eigenvalue weighted by molar-refractivity contribution is 7.13. The van der Waals surface area contributed by atoms with Gasteiger partial charge in [0.05, 0.1) is 17.9 Å². The number of fused-ring (bicyclic) bond motifs is 3. The number of carbonyl (C=O) groups is 1. The van der Waals surface area contributed by atoms with Crippen molar-refractivity contribution in [1.29, 1.82) is 0 Å². The molecule has 21 heavy (non-hydrogen) atoms. The van der Waals surface area contributed by atoms with Gasteiger partial charge in [0, 0.05) is 24.0 Å². The molecule has 1 aromatic heterocycles. The van der Waals surface area contributed by atoms with Gasteiger partial charge in [0.2, 0.25) is 5.78 Å². The predicted octanol–water partition coefficient (Wildman–Crippen LogP) is 1.53. The molecule has 2 saturated heterocycles. The van der Waals surface area contributed by atoms with Crippen molar-refractivity contribution in [2.75, 3.05) is 20.7 Å². The van der Waals surface area contributed by atoms with Gasteiger partial charge in [-0.2, -0.15) is 4.37 Å². The number of nitrogens with one attached hydrogen (secondary N) is 1. The minimum Gasteiger partial charge on any atom is -0.497 e. The number of ketones is 1. The lowest BCUT2D eigenvalue weighted by atomic mass is 10.0. The molecule has 0 saturated carbocycles. The molecule has 1 N–H and O–H groups in total. The van der Waals surface area contributed by atoms with E-state index in [9.17, 15) is 4.79 Å². The number of nitrogens with zero attached hydrogens (tertiary/aromatic N) is 2. The van der Waals surface area contributed by atoms with Crippen molar-refractivity contribution in [3.63, 3.8) is 0 Å². The summed E-state index contributed by atoms with van der Waals surface area (Å²) in [7, 11) is 3.69. The second-order valence-corrected chi connectivity index (χ2v) is 6.58. The lowest BCUT2D eigenvalue weighted by Gasteiger charge is -2.30. The van der Waals surface area contributed by atoms with Crippen LogP contribution in [0, 0.1) is 0 Å². The van der Waals surface area contributed by atoms with Gasteiger partial charge in [-0.3, -0.25) is 9.69 Å².